The van der Waals surface area contributed by atoms with E-state index in [2.05, 4.69) is 64.1 Å². The average Bonchev–Trinajstić information content (AvgIpc) is 4.05. The number of allylic oxidation sites excluding steroid dienone is 2. The van der Waals surface area contributed by atoms with Gasteiger partial charge in [-0.25, -0.2) is 9.78 Å². The number of aliphatic imine (C=N–C) groups is 2. The Kier molecular flexibility index (Phi) is 10.3. The molecule has 0 radical (unpaired) electrons. The third-order valence-electron chi connectivity index (χ3n) is 12.2. The molecule has 280 valence electrons. The van der Waals surface area contributed by atoms with E-state index >= 15 is 0 Å². The van der Waals surface area contributed by atoms with Crippen molar-refractivity contribution < 1.29 is 19.1 Å². The van der Waals surface area contributed by atoms with E-state index in [1.54, 1.807) is 17.5 Å². The number of alkyl carbamates (subject to hydrolysis) is 1. The summed E-state index contributed by atoms with van der Waals surface area (Å²) in [6.07, 6.45) is 11.9. The number of thiazole rings is 1. The van der Waals surface area contributed by atoms with Crippen LogP contribution in [-0.2, 0) is 20.9 Å². The highest BCUT2D eigenvalue weighted by atomic mass is 32.1. The normalized spacial score (nSPS) is 25.0. The number of ether oxygens (including phenoxy) is 1. The largest absolute Gasteiger partial charge is 0.453 e. The first-order valence-electron chi connectivity index (χ1n) is 19.3. The Bertz CT molecular complexity index is 2020. The van der Waals surface area contributed by atoms with Gasteiger partial charge in [-0.2, -0.15) is 0 Å². The van der Waals surface area contributed by atoms with E-state index in [1.807, 2.05) is 36.5 Å². The minimum atomic E-state index is -0.644. The lowest BCUT2D eigenvalue weighted by molar-refractivity contribution is -0.134. The van der Waals surface area contributed by atoms with E-state index in [9.17, 15) is 14.4 Å². The molecule has 2 bridgehead atoms. The van der Waals surface area contributed by atoms with Crippen LogP contribution < -0.4 is 10.6 Å². The second kappa shape index (κ2) is 15.5. The molecule has 3 amide bonds. The Labute approximate surface area is 320 Å². The highest BCUT2D eigenvalue weighted by Crippen LogP contribution is 2.54. The van der Waals surface area contributed by atoms with Gasteiger partial charge in [0.15, 0.2) is 0 Å². The molecular formula is C43H48N6O4S. The van der Waals surface area contributed by atoms with Gasteiger partial charge in [0.25, 0.3) is 0 Å². The third kappa shape index (κ3) is 7.18. The molecule has 54 heavy (non-hydrogen) atoms. The van der Waals surface area contributed by atoms with Crippen LogP contribution >= 0.6 is 11.3 Å². The van der Waals surface area contributed by atoms with Crippen molar-refractivity contribution in [2.24, 2.45) is 39.6 Å². The third-order valence-corrected chi connectivity index (χ3v) is 13.0. The Balaban J connectivity index is 0.864. The lowest BCUT2D eigenvalue weighted by Crippen LogP contribution is -2.53. The number of nitrogens with one attached hydrogen (secondary N) is 2. The van der Waals surface area contributed by atoms with Crippen molar-refractivity contribution in [3.05, 3.63) is 88.6 Å². The molecule has 2 saturated carbocycles. The number of hydrogen-bond acceptors (Lipinski definition) is 8. The molecule has 4 heterocycles. The fourth-order valence-electron chi connectivity index (χ4n) is 9.43. The van der Waals surface area contributed by atoms with E-state index in [4.69, 9.17) is 14.7 Å². The van der Waals surface area contributed by atoms with E-state index in [0.29, 0.717) is 31.3 Å². The topological polar surface area (TPSA) is 125 Å². The molecule has 2 aromatic carbocycles. The molecule has 5 aliphatic rings. The molecule has 3 fully saturated rings. The zero-order chi connectivity index (χ0) is 37.3. The van der Waals surface area contributed by atoms with Crippen LogP contribution in [0, 0.1) is 29.6 Å². The van der Waals surface area contributed by atoms with E-state index in [0.717, 1.165) is 65.1 Å². The molecule has 0 spiro atoms. The van der Waals surface area contributed by atoms with Crippen molar-refractivity contribution in [3.63, 3.8) is 0 Å². The number of fused-ring (bicyclic) bond motifs is 2. The van der Waals surface area contributed by atoms with E-state index in [-0.39, 0.29) is 35.6 Å². The van der Waals surface area contributed by atoms with Gasteiger partial charge >= 0.3 is 6.09 Å². The first kappa shape index (κ1) is 36.1. The standard InChI is InChI=1S/C43H48N6O4S/c1-25(2)40(48-43(52)53-3)42(51)49-17-4-5-36(49)34-20-32(22-45-34)28-10-6-26(7-11-28)27-8-12-29(13-9-27)33-21-35(46-23-33)38-30-14-15-31(19-30)39(38)41(50)47-24-37-44-16-18-54-37/h6-13,16,18,22-23,25,30-31,36,38-40H,4-5,14-15,17,19-21,24H2,1-3H3,(H,47,50)(H,48,52)/t30?,31?,36-,38+,39-,40-/m0/s1. The number of carbonyl (C=O) groups is 3. The molecule has 2 aliphatic carbocycles. The minimum absolute atomic E-state index is 0.000339. The van der Waals surface area contributed by atoms with Crippen LogP contribution in [-0.4, -0.2) is 65.0 Å². The predicted molar refractivity (Wildman–Crippen MR) is 213 cm³/mol. The molecule has 6 atom stereocenters. The summed E-state index contributed by atoms with van der Waals surface area (Å²) < 4.78 is 4.77. The van der Waals surface area contributed by atoms with E-state index < -0.39 is 12.1 Å². The van der Waals surface area contributed by atoms with Gasteiger partial charge in [-0.1, -0.05) is 62.4 Å². The lowest BCUT2D eigenvalue weighted by atomic mass is 9.75. The van der Waals surface area contributed by atoms with E-state index in [1.165, 1.54) is 30.4 Å². The molecule has 2 unspecified atom stereocenters. The van der Waals surface area contributed by atoms with Crippen molar-refractivity contribution in [2.45, 2.75) is 77.4 Å². The summed E-state index contributed by atoms with van der Waals surface area (Å²) in [6, 6.07) is 16.6. The van der Waals surface area contributed by atoms with Gasteiger partial charge in [0.05, 0.1) is 19.7 Å². The van der Waals surface area contributed by atoms with Gasteiger partial charge in [-0.05, 0) is 83.3 Å². The fourth-order valence-corrected chi connectivity index (χ4v) is 9.99. The van der Waals surface area contributed by atoms with Crippen molar-refractivity contribution in [2.75, 3.05) is 13.7 Å². The Morgan fingerprint density at radius 3 is 2.13 bits per heavy atom. The van der Waals surface area contributed by atoms with Crippen LogP contribution in [0.25, 0.3) is 22.3 Å². The highest BCUT2D eigenvalue weighted by molar-refractivity contribution is 7.09. The molecule has 3 aromatic rings. The number of amides is 3. The fraction of sp³-hybridized carbons (Fsp3) is 0.442. The van der Waals surface area contributed by atoms with Gasteiger partial charge in [-0.15, -0.1) is 11.3 Å². The van der Waals surface area contributed by atoms with Gasteiger partial charge in [0, 0.05) is 66.6 Å². The Morgan fingerprint density at radius 2 is 1.50 bits per heavy atom. The summed E-state index contributed by atoms with van der Waals surface area (Å²) in [5.41, 5.74) is 9.09. The van der Waals surface area contributed by atoms with Gasteiger partial charge in [0.2, 0.25) is 11.8 Å². The molecule has 3 aliphatic heterocycles. The maximum absolute atomic E-state index is 13.6. The molecule has 8 rings (SSSR count). The molecule has 2 N–H and O–H groups in total. The Morgan fingerprint density at radius 1 is 0.870 bits per heavy atom. The van der Waals surface area contributed by atoms with Crippen LogP contribution in [0.2, 0.25) is 0 Å². The van der Waals surface area contributed by atoms with Crippen LogP contribution in [0.1, 0.15) is 74.9 Å². The number of methoxy groups -OCH3 is 1. The number of aromatic nitrogens is 1. The predicted octanol–water partition coefficient (Wildman–Crippen LogP) is 7.53. The van der Waals surface area contributed by atoms with Crippen LogP contribution in [0.15, 0.2) is 82.5 Å². The SMILES string of the molecule is COC(=O)N[C@H](C(=O)N1CCC[C@H]1C1=NC=C(c2ccc(-c3ccc(C4=CN=C([C@H]5C6CCC(C6)[C@@H]5C(=O)NCc5nccs5)C4)cc3)cc2)C1)C(C)C. The first-order chi connectivity index (χ1) is 26.3. The lowest BCUT2D eigenvalue weighted by Gasteiger charge is -2.31. The van der Waals surface area contributed by atoms with Crippen molar-refractivity contribution in [3.8, 4) is 11.1 Å². The summed E-state index contributed by atoms with van der Waals surface area (Å²) in [5, 5.41) is 8.79. The number of benzene rings is 2. The minimum Gasteiger partial charge on any atom is -0.453 e. The maximum Gasteiger partial charge on any atom is 0.407 e. The summed E-state index contributed by atoms with van der Waals surface area (Å²) >= 11 is 1.57. The van der Waals surface area contributed by atoms with Gasteiger partial charge < -0.3 is 20.3 Å². The van der Waals surface area contributed by atoms with Crippen molar-refractivity contribution >= 4 is 51.8 Å². The van der Waals surface area contributed by atoms with Gasteiger partial charge in [0.1, 0.15) is 11.0 Å². The molecular weight excluding hydrogens is 697 g/mol. The average molecular weight is 745 g/mol. The van der Waals surface area contributed by atoms with Gasteiger partial charge in [-0.3, -0.25) is 19.6 Å². The summed E-state index contributed by atoms with van der Waals surface area (Å²) in [5.74, 6) is 1.21. The van der Waals surface area contributed by atoms with Crippen LogP contribution in [0.3, 0.4) is 0 Å². The molecule has 1 aromatic heterocycles. The smallest absolute Gasteiger partial charge is 0.407 e. The molecule has 1 saturated heterocycles. The molecule has 10 nitrogen and oxygen atoms in total. The Hall–Kier alpha value is -4.90. The first-order valence-corrected chi connectivity index (χ1v) is 20.2. The zero-order valence-corrected chi connectivity index (χ0v) is 32.0. The molecule has 11 heteroatoms. The maximum atomic E-state index is 13.6. The summed E-state index contributed by atoms with van der Waals surface area (Å²) in [6.45, 7) is 5.00. The van der Waals surface area contributed by atoms with Crippen LogP contribution in [0.5, 0.6) is 0 Å². The van der Waals surface area contributed by atoms with Crippen molar-refractivity contribution in [1.29, 1.82) is 0 Å². The number of hydrogen-bond donors (Lipinski definition) is 2. The zero-order valence-electron chi connectivity index (χ0n) is 31.2. The second-order valence-electron chi connectivity index (χ2n) is 15.6. The quantitative estimate of drug-likeness (QED) is 0.210. The highest BCUT2D eigenvalue weighted by Gasteiger charge is 2.52. The summed E-state index contributed by atoms with van der Waals surface area (Å²) in [4.78, 5) is 54.9. The van der Waals surface area contributed by atoms with Crippen LogP contribution in [0.4, 0.5) is 4.79 Å². The second-order valence-corrected chi connectivity index (χ2v) is 16.6. The summed E-state index contributed by atoms with van der Waals surface area (Å²) in [7, 11) is 1.31. The van der Waals surface area contributed by atoms with Crippen molar-refractivity contribution in [1.82, 2.24) is 20.5 Å². The number of carbonyl (C=O) groups excluding carboxylic acids is 3. The number of rotatable bonds is 11. The monoisotopic (exact) mass is 744 g/mol. The number of likely N-dealkylation sites (tertiary alicyclic amines) is 1. The number of nitrogens with zero attached hydrogens (tertiary/aromatic N) is 4.